The normalized spacial score (nSPS) is 26.7. The zero-order chi connectivity index (χ0) is 12.5. The van der Waals surface area contributed by atoms with Crippen LogP contribution in [0, 0.1) is 11.8 Å². The highest BCUT2D eigenvalue weighted by molar-refractivity contribution is 5.49. The molecule has 4 heteroatoms. The summed E-state index contributed by atoms with van der Waals surface area (Å²) in [5, 5.41) is 0. The van der Waals surface area contributed by atoms with E-state index in [0.29, 0.717) is 5.88 Å². The first-order valence-corrected chi connectivity index (χ1v) is 6.96. The molecule has 0 spiro atoms. The van der Waals surface area contributed by atoms with Crippen LogP contribution in [0.25, 0.3) is 0 Å². The number of nitrogens with zero attached hydrogens (tertiary/aromatic N) is 3. The first-order chi connectivity index (χ1) is 8.74. The lowest BCUT2D eigenvalue weighted by molar-refractivity contribution is 0.232. The van der Waals surface area contributed by atoms with E-state index >= 15 is 0 Å². The van der Waals surface area contributed by atoms with Crippen LogP contribution < -0.4 is 9.64 Å². The molecule has 0 radical (unpaired) electrons. The maximum absolute atomic E-state index is 5.76. The number of rotatable bonds is 3. The molecule has 1 saturated heterocycles. The second kappa shape index (κ2) is 4.75. The van der Waals surface area contributed by atoms with E-state index in [0.717, 1.165) is 30.7 Å². The minimum atomic E-state index is 0.141. The number of fused-ring (bicyclic) bond motifs is 1. The molecule has 2 fully saturated rings. The summed E-state index contributed by atoms with van der Waals surface area (Å²) in [5.41, 5.74) is 0. The van der Waals surface area contributed by atoms with Gasteiger partial charge in [-0.3, -0.25) is 0 Å². The van der Waals surface area contributed by atoms with Crippen LogP contribution in [0.5, 0.6) is 5.88 Å². The Hall–Kier alpha value is -1.32. The van der Waals surface area contributed by atoms with Crippen LogP contribution in [0.1, 0.15) is 33.1 Å². The van der Waals surface area contributed by atoms with Gasteiger partial charge in [0.1, 0.15) is 0 Å². The van der Waals surface area contributed by atoms with Crippen LogP contribution in [-0.4, -0.2) is 29.2 Å². The Kier molecular flexibility index (Phi) is 3.10. The van der Waals surface area contributed by atoms with Gasteiger partial charge < -0.3 is 9.64 Å². The van der Waals surface area contributed by atoms with Gasteiger partial charge in [-0.05, 0) is 38.5 Å². The Bertz CT molecular complexity index is 409. The highest BCUT2D eigenvalue weighted by atomic mass is 16.5. The Morgan fingerprint density at radius 3 is 2.50 bits per heavy atom. The molecule has 2 atom stereocenters. The highest BCUT2D eigenvalue weighted by Crippen LogP contribution is 2.40. The van der Waals surface area contributed by atoms with Gasteiger partial charge >= 0.3 is 0 Å². The molecule has 3 rings (SSSR count). The quantitative estimate of drug-likeness (QED) is 0.822. The Balaban J connectivity index is 1.80. The molecule has 1 aromatic heterocycles. The second-order valence-corrected chi connectivity index (χ2v) is 5.71. The minimum Gasteiger partial charge on any atom is -0.472 e. The van der Waals surface area contributed by atoms with Crippen LogP contribution in [-0.2, 0) is 0 Å². The minimum absolute atomic E-state index is 0.141. The maximum Gasteiger partial charge on any atom is 0.257 e. The smallest absolute Gasteiger partial charge is 0.257 e. The van der Waals surface area contributed by atoms with E-state index in [4.69, 9.17) is 4.74 Å². The van der Waals surface area contributed by atoms with E-state index in [1.807, 2.05) is 13.8 Å². The predicted octanol–water partition coefficient (Wildman–Crippen LogP) is 2.50. The van der Waals surface area contributed by atoms with Crippen molar-refractivity contribution in [1.82, 2.24) is 9.97 Å². The fourth-order valence-corrected chi connectivity index (χ4v) is 3.25. The van der Waals surface area contributed by atoms with Crippen molar-refractivity contribution in [2.24, 2.45) is 11.8 Å². The van der Waals surface area contributed by atoms with Gasteiger partial charge in [0.2, 0.25) is 0 Å². The summed E-state index contributed by atoms with van der Waals surface area (Å²) in [7, 11) is 0. The third-order valence-electron chi connectivity index (χ3n) is 4.02. The lowest BCUT2D eigenvalue weighted by Crippen LogP contribution is -2.23. The molecule has 2 unspecified atom stereocenters. The zero-order valence-electron chi connectivity index (χ0n) is 11.2. The van der Waals surface area contributed by atoms with Gasteiger partial charge in [0.25, 0.3) is 5.88 Å². The van der Waals surface area contributed by atoms with E-state index in [-0.39, 0.29) is 6.10 Å². The molecule has 1 saturated carbocycles. The molecule has 98 valence electrons. The van der Waals surface area contributed by atoms with E-state index in [2.05, 4.69) is 14.9 Å². The predicted molar refractivity (Wildman–Crippen MR) is 70.8 cm³/mol. The summed E-state index contributed by atoms with van der Waals surface area (Å²) in [6.07, 6.45) is 7.76. The summed E-state index contributed by atoms with van der Waals surface area (Å²) < 4.78 is 5.76. The molecule has 18 heavy (non-hydrogen) atoms. The van der Waals surface area contributed by atoms with Crippen molar-refractivity contribution < 1.29 is 4.74 Å². The number of aromatic nitrogens is 2. The molecule has 4 nitrogen and oxygen atoms in total. The van der Waals surface area contributed by atoms with Gasteiger partial charge in [0.15, 0.2) is 5.82 Å². The maximum atomic E-state index is 5.76. The van der Waals surface area contributed by atoms with Crippen molar-refractivity contribution in [3.05, 3.63) is 12.4 Å². The van der Waals surface area contributed by atoms with Crippen molar-refractivity contribution >= 4 is 5.82 Å². The largest absolute Gasteiger partial charge is 0.472 e. The van der Waals surface area contributed by atoms with Gasteiger partial charge in [-0.2, -0.15) is 0 Å². The standard InChI is InChI=1S/C14H21N3O/c1-10(2)18-14-13(15-6-7-16-14)17-8-11-4-3-5-12(11)9-17/h6-7,10-12H,3-5,8-9H2,1-2H3. The van der Waals surface area contributed by atoms with Crippen LogP contribution in [0.4, 0.5) is 5.82 Å². The number of anilines is 1. The summed E-state index contributed by atoms with van der Waals surface area (Å²) in [4.78, 5) is 11.2. The summed E-state index contributed by atoms with van der Waals surface area (Å²) in [5.74, 6) is 3.34. The van der Waals surface area contributed by atoms with Crippen molar-refractivity contribution in [2.75, 3.05) is 18.0 Å². The van der Waals surface area contributed by atoms with Gasteiger partial charge in [-0.25, -0.2) is 9.97 Å². The molecular formula is C14H21N3O. The molecular weight excluding hydrogens is 226 g/mol. The van der Waals surface area contributed by atoms with E-state index < -0.39 is 0 Å². The average molecular weight is 247 g/mol. The van der Waals surface area contributed by atoms with Gasteiger partial charge in [-0.15, -0.1) is 0 Å². The lowest BCUT2D eigenvalue weighted by Gasteiger charge is -2.21. The molecule has 0 N–H and O–H groups in total. The second-order valence-electron chi connectivity index (χ2n) is 5.71. The molecule has 1 aromatic rings. The number of hydrogen-bond acceptors (Lipinski definition) is 4. The molecule has 0 amide bonds. The van der Waals surface area contributed by atoms with Gasteiger partial charge in [-0.1, -0.05) is 6.42 Å². The third kappa shape index (κ3) is 2.16. The summed E-state index contributed by atoms with van der Waals surface area (Å²) in [6, 6.07) is 0. The molecule has 1 aliphatic carbocycles. The Morgan fingerprint density at radius 1 is 1.17 bits per heavy atom. The summed E-state index contributed by atoms with van der Waals surface area (Å²) in [6.45, 7) is 6.30. The highest BCUT2D eigenvalue weighted by Gasteiger charge is 2.37. The zero-order valence-corrected chi connectivity index (χ0v) is 11.2. The van der Waals surface area contributed by atoms with E-state index in [9.17, 15) is 0 Å². The first-order valence-electron chi connectivity index (χ1n) is 6.96. The van der Waals surface area contributed by atoms with Crippen molar-refractivity contribution in [3.8, 4) is 5.88 Å². The molecule has 0 bridgehead atoms. The van der Waals surface area contributed by atoms with Gasteiger partial charge in [0, 0.05) is 25.5 Å². The SMILES string of the molecule is CC(C)Oc1nccnc1N1CC2CCCC2C1. The fraction of sp³-hybridized carbons (Fsp3) is 0.714. The number of hydrogen-bond donors (Lipinski definition) is 0. The topological polar surface area (TPSA) is 38.3 Å². The van der Waals surface area contributed by atoms with E-state index in [1.165, 1.54) is 19.3 Å². The van der Waals surface area contributed by atoms with Crippen molar-refractivity contribution in [1.29, 1.82) is 0 Å². The monoisotopic (exact) mass is 247 g/mol. The van der Waals surface area contributed by atoms with Crippen LogP contribution >= 0.6 is 0 Å². The lowest BCUT2D eigenvalue weighted by atomic mass is 10.0. The third-order valence-corrected chi connectivity index (χ3v) is 4.02. The van der Waals surface area contributed by atoms with Crippen molar-refractivity contribution in [3.63, 3.8) is 0 Å². The van der Waals surface area contributed by atoms with E-state index in [1.54, 1.807) is 12.4 Å². The molecule has 2 aliphatic rings. The molecule has 1 aliphatic heterocycles. The van der Waals surface area contributed by atoms with Crippen LogP contribution in [0.15, 0.2) is 12.4 Å². The fourth-order valence-electron chi connectivity index (χ4n) is 3.25. The average Bonchev–Trinajstić information content (AvgIpc) is 2.89. The molecule has 2 heterocycles. The number of ether oxygens (including phenoxy) is 1. The molecule has 0 aromatic carbocycles. The van der Waals surface area contributed by atoms with Crippen LogP contribution in [0.2, 0.25) is 0 Å². The van der Waals surface area contributed by atoms with Gasteiger partial charge in [0.05, 0.1) is 6.10 Å². The van der Waals surface area contributed by atoms with Crippen molar-refractivity contribution in [2.45, 2.75) is 39.2 Å². The Labute approximate surface area is 108 Å². The van der Waals surface area contributed by atoms with Crippen LogP contribution in [0.3, 0.4) is 0 Å². The Morgan fingerprint density at radius 2 is 1.83 bits per heavy atom. The summed E-state index contributed by atoms with van der Waals surface area (Å²) >= 11 is 0. The first kappa shape index (κ1) is 11.8.